The largest absolute Gasteiger partial charge is 0.300 e. The molecule has 0 amide bonds. The van der Waals surface area contributed by atoms with E-state index in [0.29, 0.717) is 0 Å². The number of thioether (sulfide) groups is 1. The average molecular weight is 197 g/mol. The van der Waals surface area contributed by atoms with Gasteiger partial charge in [-0.2, -0.15) is 11.8 Å². The van der Waals surface area contributed by atoms with Gasteiger partial charge in [0.15, 0.2) is 0 Å². The summed E-state index contributed by atoms with van der Waals surface area (Å²) in [5.41, 5.74) is 0. The Kier molecular flexibility index (Phi) is 5.34. The van der Waals surface area contributed by atoms with Crippen molar-refractivity contribution in [1.82, 2.24) is 4.90 Å². The molecule has 1 fully saturated rings. The zero-order valence-electron chi connectivity index (χ0n) is 8.46. The van der Waals surface area contributed by atoms with E-state index in [-0.39, 0.29) is 0 Å². The van der Waals surface area contributed by atoms with Crippen molar-refractivity contribution in [2.24, 2.45) is 0 Å². The highest BCUT2D eigenvalue weighted by molar-refractivity contribution is 7.99. The van der Waals surface area contributed by atoms with E-state index in [1.807, 2.05) is 0 Å². The van der Waals surface area contributed by atoms with Crippen LogP contribution in [0.2, 0.25) is 0 Å². The van der Waals surface area contributed by atoms with Gasteiger partial charge in [-0.25, -0.2) is 0 Å². The van der Waals surface area contributed by atoms with Gasteiger partial charge in [0.25, 0.3) is 0 Å². The second-order valence-electron chi connectivity index (χ2n) is 3.59. The summed E-state index contributed by atoms with van der Waals surface area (Å²) in [6.45, 7) is 4.77. The molecule has 1 rings (SSSR count). The van der Waals surface area contributed by atoms with E-state index < -0.39 is 0 Å². The minimum atomic E-state index is 0.757. The Bertz CT molecular complexity index is 173. The minimum absolute atomic E-state index is 0.757. The summed E-state index contributed by atoms with van der Waals surface area (Å²) in [6.07, 6.45) is 8.66. The molecular formula is C11H19NS. The predicted molar refractivity (Wildman–Crippen MR) is 61.0 cm³/mol. The summed E-state index contributed by atoms with van der Waals surface area (Å²) in [5, 5.41) is 0. The maximum Gasteiger partial charge on any atom is 0.00982 e. The number of hydrogen-bond donors (Lipinski definition) is 0. The first-order chi connectivity index (χ1) is 6.34. The van der Waals surface area contributed by atoms with Gasteiger partial charge in [-0.05, 0) is 32.1 Å². The molecule has 0 aromatic rings. The summed E-state index contributed by atoms with van der Waals surface area (Å²) in [6, 6.07) is 0.757. The van der Waals surface area contributed by atoms with Gasteiger partial charge >= 0.3 is 0 Å². The molecular weight excluding hydrogens is 178 g/mol. The Morgan fingerprint density at radius 2 is 2.38 bits per heavy atom. The lowest BCUT2D eigenvalue weighted by Gasteiger charge is -2.25. The number of unbranched alkanes of at least 4 members (excludes halogenated alkanes) is 1. The third kappa shape index (κ3) is 4.06. The zero-order chi connectivity index (χ0) is 9.52. The lowest BCUT2D eigenvalue weighted by molar-refractivity contribution is 0.219. The average Bonchev–Trinajstić information content (AvgIpc) is 2.32. The molecule has 13 heavy (non-hydrogen) atoms. The fourth-order valence-electron chi connectivity index (χ4n) is 1.66. The van der Waals surface area contributed by atoms with Crippen molar-refractivity contribution in [3.05, 3.63) is 0 Å². The van der Waals surface area contributed by atoms with Crippen LogP contribution in [-0.2, 0) is 0 Å². The van der Waals surface area contributed by atoms with Gasteiger partial charge in [-0.1, -0.05) is 0 Å². The van der Waals surface area contributed by atoms with Crippen LogP contribution < -0.4 is 0 Å². The van der Waals surface area contributed by atoms with Crippen LogP contribution in [0.3, 0.4) is 0 Å². The molecule has 1 atom stereocenters. The normalized spacial score (nSPS) is 25.1. The SMILES string of the molecule is C#CCCCN1CCSCCC1C. The summed E-state index contributed by atoms with van der Waals surface area (Å²) in [5.74, 6) is 5.32. The lowest BCUT2D eigenvalue weighted by Crippen LogP contribution is -2.34. The van der Waals surface area contributed by atoms with Crippen LogP contribution in [0.4, 0.5) is 0 Å². The second-order valence-corrected chi connectivity index (χ2v) is 4.82. The third-order valence-corrected chi connectivity index (χ3v) is 3.59. The topological polar surface area (TPSA) is 3.24 Å². The molecule has 0 N–H and O–H groups in total. The van der Waals surface area contributed by atoms with Crippen molar-refractivity contribution in [2.45, 2.75) is 32.2 Å². The van der Waals surface area contributed by atoms with Gasteiger partial charge < -0.3 is 0 Å². The quantitative estimate of drug-likeness (QED) is 0.504. The highest BCUT2D eigenvalue weighted by atomic mass is 32.2. The Labute approximate surface area is 86.3 Å². The van der Waals surface area contributed by atoms with Gasteiger partial charge in [-0.3, -0.25) is 4.90 Å². The molecule has 1 heterocycles. The van der Waals surface area contributed by atoms with E-state index >= 15 is 0 Å². The summed E-state index contributed by atoms with van der Waals surface area (Å²) >= 11 is 2.08. The van der Waals surface area contributed by atoms with Crippen molar-refractivity contribution in [2.75, 3.05) is 24.6 Å². The molecule has 0 aromatic heterocycles. The number of hydrogen-bond acceptors (Lipinski definition) is 2. The van der Waals surface area contributed by atoms with Gasteiger partial charge in [0.2, 0.25) is 0 Å². The Morgan fingerprint density at radius 3 is 3.15 bits per heavy atom. The van der Waals surface area contributed by atoms with Crippen molar-refractivity contribution >= 4 is 11.8 Å². The molecule has 2 heteroatoms. The number of nitrogens with zero attached hydrogens (tertiary/aromatic N) is 1. The number of terminal acetylenes is 1. The fourth-order valence-corrected chi connectivity index (χ4v) is 2.73. The minimum Gasteiger partial charge on any atom is -0.300 e. The van der Waals surface area contributed by atoms with E-state index in [1.54, 1.807) is 0 Å². The molecule has 0 saturated carbocycles. The molecule has 1 nitrogen and oxygen atoms in total. The van der Waals surface area contributed by atoms with E-state index in [0.717, 1.165) is 18.9 Å². The van der Waals surface area contributed by atoms with Gasteiger partial charge in [0.05, 0.1) is 0 Å². The summed E-state index contributed by atoms with van der Waals surface area (Å²) in [4.78, 5) is 2.58. The van der Waals surface area contributed by atoms with Crippen LogP contribution in [0.1, 0.15) is 26.2 Å². The monoisotopic (exact) mass is 197 g/mol. The Morgan fingerprint density at radius 1 is 1.54 bits per heavy atom. The van der Waals surface area contributed by atoms with E-state index in [4.69, 9.17) is 6.42 Å². The van der Waals surface area contributed by atoms with Gasteiger partial charge in [0, 0.05) is 24.8 Å². The molecule has 1 saturated heterocycles. The molecule has 1 aliphatic rings. The highest BCUT2D eigenvalue weighted by Gasteiger charge is 2.15. The van der Waals surface area contributed by atoms with Crippen molar-refractivity contribution in [3.8, 4) is 12.3 Å². The van der Waals surface area contributed by atoms with Crippen LogP contribution >= 0.6 is 11.8 Å². The molecule has 0 spiro atoms. The van der Waals surface area contributed by atoms with E-state index in [1.165, 1.54) is 31.0 Å². The zero-order valence-corrected chi connectivity index (χ0v) is 9.28. The van der Waals surface area contributed by atoms with Crippen LogP contribution in [0.5, 0.6) is 0 Å². The molecule has 0 radical (unpaired) electrons. The Balaban J connectivity index is 2.24. The Hall–Kier alpha value is -0.130. The standard InChI is InChI=1S/C11H19NS/c1-3-4-5-7-12-8-10-13-9-6-11(12)2/h1,11H,4-10H2,2H3. The summed E-state index contributed by atoms with van der Waals surface area (Å²) < 4.78 is 0. The highest BCUT2D eigenvalue weighted by Crippen LogP contribution is 2.16. The maximum absolute atomic E-state index is 5.24. The molecule has 1 unspecified atom stereocenters. The summed E-state index contributed by atoms with van der Waals surface area (Å²) in [7, 11) is 0. The lowest BCUT2D eigenvalue weighted by atomic mass is 10.2. The second kappa shape index (κ2) is 6.34. The van der Waals surface area contributed by atoms with Crippen molar-refractivity contribution < 1.29 is 0 Å². The fraction of sp³-hybridized carbons (Fsp3) is 0.818. The molecule has 0 aromatic carbocycles. The maximum atomic E-state index is 5.24. The first-order valence-electron chi connectivity index (χ1n) is 5.10. The van der Waals surface area contributed by atoms with Crippen LogP contribution in [0.25, 0.3) is 0 Å². The van der Waals surface area contributed by atoms with Crippen LogP contribution in [0.15, 0.2) is 0 Å². The molecule has 74 valence electrons. The smallest absolute Gasteiger partial charge is 0.00982 e. The van der Waals surface area contributed by atoms with E-state index in [2.05, 4.69) is 29.5 Å². The van der Waals surface area contributed by atoms with Crippen LogP contribution in [0, 0.1) is 12.3 Å². The van der Waals surface area contributed by atoms with Gasteiger partial charge in [-0.15, -0.1) is 12.3 Å². The predicted octanol–water partition coefficient (Wildman–Crippen LogP) is 2.23. The first-order valence-corrected chi connectivity index (χ1v) is 6.25. The van der Waals surface area contributed by atoms with Crippen molar-refractivity contribution in [3.63, 3.8) is 0 Å². The third-order valence-electron chi connectivity index (χ3n) is 2.59. The van der Waals surface area contributed by atoms with Crippen LogP contribution in [-0.4, -0.2) is 35.5 Å². The van der Waals surface area contributed by atoms with Crippen molar-refractivity contribution in [1.29, 1.82) is 0 Å². The first kappa shape index (κ1) is 10.9. The van der Waals surface area contributed by atoms with E-state index in [9.17, 15) is 0 Å². The molecule has 0 bridgehead atoms. The molecule has 0 aliphatic carbocycles. The molecule has 1 aliphatic heterocycles. The van der Waals surface area contributed by atoms with Gasteiger partial charge in [0.1, 0.15) is 0 Å². The number of rotatable bonds is 3.